The van der Waals surface area contributed by atoms with Gasteiger partial charge in [0.15, 0.2) is 0 Å². The number of carboxylic acids is 1. The van der Waals surface area contributed by atoms with Crippen LogP contribution in [0.5, 0.6) is 0 Å². The molecule has 1 N–H and O–H groups in total. The van der Waals surface area contributed by atoms with Crippen molar-refractivity contribution in [1.29, 1.82) is 0 Å². The number of aliphatic carboxylic acids is 1. The van der Waals surface area contributed by atoms with Crippen molar-refractivity contribution in [2.75, 3.05) is 13.6 Å². The van der Waals surface area contributed by atoms with Crippen LogP contribution in [0.15, 0.2) is 18.2 Å². The van der Waals surface area contributed by atoms with Crippen LogP contribution in [0.1, 0.15) is 30.5 Å². The quantitative estimate of drug-likeness (QED) is 0.631. The molecule has 0 radical (unpaired) electrons. The van der Waals surface area contributed by atoms with E-state index in [1.165, 1.54) is 0 Å². The van der Waals surface area contributed by atoms with Crippen molar-refractivity contribution < 1.29 is 14.8 Å². The minimum absolute atomic E-state index is 0.0504. The molecule has 6 nitrogen and oxygen atoms in total. The maximum absolute atomic E-state index is 10.9. The van der Waals surface area contributed by atoms with Gasteiger partial charge in [0.1, 0.15) is 0 Å². The van der Waals surface area contributed by atoms with Crippen molar-refractivity contribution in [3.63, 3.8) is 0 Å². The van der Waals surface area contributed by atoms with Crippen molar-refractivity contribution in [2.45, 2.75) is 26.3 Å². The summed E-state index contributed by atoms with van der Waals surface area (Å²) in [7, 11) is 1.80. The first-order valence-corrected chi connectivity index (χ1v) is 6.00. The summed E-state index contributed by atoms with van der Waals surface area (Å²) in [5.74, 6) is -0.853. The fraction of sp³-hybridized carbons (Fsp3) is 0.462. The molecule has 0 saturated heterocycles. The lowest BCUT2D eigenvalue weighted by atomic mass is 10.0. The molecule has 0 aliphatic carbocycles. The molecule has 0 aliphatic rings. The third-order valence-electron chi connectivity index (χ3n) is 3.25. The third-order valence-corrected chi connectivity index (χ3v) is 3.25. The molecule has 1 aromatic rings. The second-order valence-corrected chi connectivity index (χ2v) is 4.60. The number of rotatable bonds is 6. The first-order valence-electron chi connectivity index (χ1n) is 6.00. The van der Waals surface area contributed by atoms with E-state index in [4.69, 9.17) is 5.11 Å². The Kier molecular flexibility index (Phi) is 5.00. The van der Waals surface area contributed by atoms with Crippen LogP contribution in [-0.4, -0.2) is 34.5 Å². The Morgan fingerprint density at radius 3 is 2.68 bits per heavy atom. The first-order chi connectivity index (χ1) is 8.82. The van der Waals surface area contributed by atoms with Gasteiger partial charge in [0, 0.05) is 24.2 Å². The summed E-state index contributed by atoms with van der Waals surface area (Å²) in [5, 5.41) is 19.5. The van der Waals surface area contributed by atoms with E-state index in [0.29, 0.717) is 12.1 Å². The summed E-state index contributed by atoms with van der Waals surface area (Å²) in [6, 6.07) is 5.04. The molecule has 1 atom stereocenters. The molecule has 0 spiro atoms. The van der Waals surface area contributed by atoms with Crippen LogP contribution in [0, 0.1) is 17.0 Å². The molecule has 0 bridgehead atoms. The summed E-state index contributed by atoms with van der Waals surface area (Å²) in [6.07, 6.45) is 0.0504. The van der Waals surface area contributed by atoms with E-state index >= 15 is 0 Å². The maximum Gasteiger partial charge on any atom is 0.304 e. The van der Waals surface area contributed by atoms with E-state index < -0.39 is 10.9 Å². The largest absolute Gasteiger partial charge is 0.481 e. The van der Waals surface area contributed by atoms with Gasteiger partial charge >= 0.3 is 5.97 Å². The second-order valence-electron chi connectivity index (χ2n) is 4.60. The highest BCUT2D eigenvalue weighted by atomic mass is 16.6. The highest BCUT2D eigenvalue weighted by Crippen LogP contribution is 2.25. The van der Waals surface area contributed by atoms with Gasteiger partial charge in [0.05, 0.1) is 11.3 Å². The lowest BCUT2D eigenvalue weighted by Gasteiger charge is -2.24. The average Bonchev–Trinajstić information content (AvgIpc) is 2.35. The molecule has 0 saturated carbocycles. The summed E-state index contributed by atoms with van der Waals surface area (Å²) in [5.41, 5.74) is 1.52. The molecule has 1 rings (SSSR count). The van der Waals surface area contributed by atoms with Crippen LogP contribution in [-0.2, 0) is 4.79 Å². The van der Waals surface area contributed by atoms with Gasteiger partial charge in [0.2, 0.25) is 0 Å². The molecular weight excluding hydrogens is 248 g/mol. The summed E-state index contributed by atoms with van der Waals surface area (Å²) < 4.78 is 0. The van der Waals surface area contributed by atoms with E-state index in [0.717, 1.165) is 5.56 Å². The molecule has 6 heteroatoms. The zero-order valence-electron chi connectivity index (χ0n) is 11.3. The summed E-state index contributed by atoms with van der Waals surface area (Å²) >= 11 is 0. The van der Waals surface area contributed by atoms with Crippen LogP contribution in [0.4, 0.5) is 5.69 Å². The highest BCUT2D eigenvalue weighted by Gasteiger charge is 2.17. The highest BCUT2D eigenvalue weighted by molar-refractivity contribution is 5.66. The number of benzene rings is 1. The van der Waals surface area contributed by atoms with Crippen molar-refractivity contribution in [3.05, 3.63) is 39.4 Å². The zero-order valence-corrected chi connectivity index (χ0v) is 11.3. The molecule has 1 aromatic carbocycles. The zero-order chi connectivity index (χ0) is 14.6. The van der Waals surface area contributed by atoms with Crippen molar-refractivity contribution in [1.82, 2.24) is 4.90 Å². The second kappa shape index (κ2) is 6.29. The number of nitro groups is 1. The van der Waals surface area contributed by atoms with E-state index in [-0.39, 0.29) is 18.2 Å². The number of carbonyl (C=O) groups is 1. The fourth-order valence-electron chi connectivity index (χ4n) is 1.80. The Bertz CT molecular complexity index is 488. The maximum atomic E-state index is 10.9. The number of nitrogens with zero attached hydrogens (tertiary/aromatic N) is 2. The third kappa shape index (κ3) is 4.03. The Labute approximate surface area is 111 Å². The monoisotopic (exact) mass is 266 g/mol. The van der Waals surface area contributed by atoms with Gasteiger partial charge in [-0.05, 0) is 26.5 Å². The Morgan fingerprint density at radius 2 is 2.16 bits per heavy atom. The lowest BCUT2D eigenvalue weighted by Crippen LogP contribution is -2.25. The molecule has 0 aromatic heterocycles. The molecule has 19 heavy (non-hydrogen) atoms. The van der Waals surface area contributed by atoms with Gasteiger partial charge < -0.3 is 5.11 Å². The number of hydrogen-bond donors (Lipinski definition) is 1. The number of hydrogen-bond acceptors (Lipinski definition) is 4. The van der Waals surface area contributed by atoms with Gasteiger partial charge in [-0.3, -0.25) is 19.8 Å². The van der Waals surface area contributed by atoms with E-state index in [2.05, 4.69) is 0 Å². The fourth-order valence-corrected chi connectivity index (χ4v) is 1.80. The minimum atomic E-state index is -0.853. The molecular formula is C13H18N2O4. The topological polar surface area (TPSA) is 83.7 Å². The van der Waals surface area contributed by atoms with Crippen LogP contribution in [0.25, 0.3) is 0 Å². The molecule has 0 heterocycles. The molecule has 0 amide bonds. The smallest absolute Gasteiger partial charge is 0.304 e. The summed E-state index contributed by atoms with van der Waals surface area (Å²) in [4.78, 5) is 22.9. The van der Waals surface area contributed by atoms with Gasteiger partial charge in [0.25, 0.3) is 5.69 Å². The van der Waals surface area contributed by atoms with Gasteiger partial charge in [-0.25, -0.2) is 0 Å². The molecule has 1 unspecified atom stereocenters. The molecule has 0 fully saturated rings. The Balaban J connectivity index is 2.87. The molecule has 104 valence electrons. The lowest BCUT2D eigenvalue weighted by molar-refractivity contribution is -0.385. The summed E-state index contributed by atoms with van der Waals surface area (Å²) in [6.45, 7) is 4.00. The number of nitro benzene ring substituents is 1. The van der Waals surface area contributed by atoms with Gasteiger partial charge in [-0.2, -0.15) is 0 Å². The van der Waals surface area contributed by atoms with Crippen LogP contribution < -0.4 is 0 Å². The van der Waals surface area contributed by atoms with Crippen LogP contribution in [0.2, 0.25) is 0 Å². The van der Waals surface area contributed by atoms with E-state index in [1.54, 1.807) is 26.1 Å². The van der Waals surface area contributed by atoms with Crippen molar-refractivity contribution in [2.24, 2.45) is 0 Å². The predicted octanol–water partition coefficient (Wildman–Crippen LogP) is 2.37. The van der Waals surface area contributed by atoms with Crippen molar-refractivity contribution in [3.8, 4) is 0 Å². The van der Waals surface area contributed by atoms with Crippen LogP contribution >= 0.6 is 0 Å². The van der Waals surface area contributed by atoms with E-state index in [1.807, 2.05) is 17.9 Å². The normalized spacial score (nSPS) is 12.4. The Hall–Kier alpha value is -1.95. The molecule has 0 aliphatic heterocycles. The van der Waals surface area contributed by atoms with Crippen LogP contribution in [0.3, 0.4) is 0 Å². The Morgan fingerprint density at radius 1 is 1.53 bits per heavy atom. The minimum Gasteiger partial charge on any atom is -0.481 e. The average molecular weight is 266 g/mol. The van der Waals surface area contributed by atoms with Gasteiger partial charge in [-0.15, -0.1) is 0 Å². The van der Waals surface area contributed by atoms with Crippen molar-refractivity contribution >= 4 is 11.7 Å². The predicted molar refractivity (Wildman–Crippen MR) is 71.1 cm³/mol. The standard InChI is InChI=1S/C13H18N2O4/c1-9-4-5-11(8-12(9)15(18)19)10(2)14(3)7-6-13(16)17/h4-5,8,10H,6-7H2,1-3H3,(H,16,17). The number of carboxylic acid groups (broad SMARTS) is 1. The number of aryl methyl sites for hydroxylation is 1. The van der Waals surface area contributed by atoms with E-state index in [9.17, 15) is 14.9 Å². The SMILES string of the molecule is Cc1ccc(C(C)N(C)CCC(=O)O)cc1[N+](=O)[O-]. The van der Waals surface area contributed by atoms with Gasteiger partial charge in [-0.1, -0.05) is 12.1 Å². The first kappa shape index (κ1) is 15.1.